The van der Waals surface area contributed by atoms with E-state index in [1.165, 1.54) is 23.9 Å². The van der Waals surface area contributed by atoms with Gasteiger partial charge in [0.25, 0.3) is 0 Å². The van der Waals surface area contributed by atoms with Crippen LogP contribution >= 0.6 is 11.8 Å². The molecule has 0 N–H and O–H groups in total. The van der Waals surface area contributed by atoms with Crippen LogP contribution in [0.5, 0.6) is 5.88 Å². The molecule has 1 atom stereocenters. The number of fused-ring (bicyclic) bond motifs is 3. The number of carbonyl (C=O) groups is 1. The van der Waals surface area contributed by atoms with Crippen molar-refractivity contribution in [3.8, 4) is 17.1 Å². The first-order valence-electron chi connectivity index (χ1n) is 9.33. The minimum absolute atomic E-state index is 0.129. The van der Waals surface area contributed by atoms with Gasteiger partial charge in [-0.1, -0.05) is 55.9 Å². The van der Waals surface area contributed by atoms with Gasteiger partial charge < -0.3 is 4.74 Å². The molecule has 1 aliphatic heterocycles. The van der Waals surface area contributed by atoms with Crippen molar-refractivity contribution in [3.63, 3.8) is 0 Å². The van der Waals surface area contributed by atoms with E-state index in [0.717, 1.165) is 5.75 Å². The normalized spacial score (nSPS) is 15.1. The highest BCUT2D eigenvalue weighted by molar-refractivity contribution is 7.99. The molecule has 0 radical (unpaired) electrons. The third-order valence-electron chi connectivity index (χ3n) is 4.51. The number of aromatic nitrogens is 3. The first-order valence-corrected chi connectivity index (χ1v) is 10.3. The summed E-state index contributed by atoms with van der Waals surface area (Å²) in [5.41, 5.74) is 2.47. The predicted molar refractivity (Wildman–Crippen MR) is 109 cm³/mol. The molecule has 148 valence electrons. The van der Waals surface area contributed by atoms with Crippen molar-refractivity contribution < 1.29 is 13.9 Å². The second-order valence-corrected chi connectivity index (χ2v) is 7.57. The van der Waals surface area contributed by atoms with Crippen molar-refractivity contribution in [3.05, 3.63) is 59.9 Å². The van der Waals surface area contributed by atoms with Gasteiger partial charge in [0, 0.05) is 17.5 Å². The minimum atomic E-state index is -0.804. The van der Waals surface area contributed by atoms with Gasteiger partial charge in [0.2, 0.25) is 23.2 Å². The maximum absolute atomic E-state index is 13.5. The van der Waals surface area contributed by atoms with Gasteiger partial charge in [0.1, 0.15) is 5.82 Å². The number of ether oxygens (including phenoxy) is 1. The number of benzene rings is 2. The second-order valence-electron chi connectivity index (χ2n) is 6.34. The minimum Gasteiger partial charge on any atom is -0.447 e. The molecule has 0 saturated carbocycles. The zero-order valence-corrected chi connectivity index (χ0v) is 16.8. The van der Waals surface area contributed by atoms with Crippen LogP contribution in [-0.2, 0) is 4.79 Å². The largest absolute Gasteiger partial charge is 0.447 e. The number of thioether (sulfide) groups is 1. The monoisotopic (exact) mass is 410 g/mol. The highest BCUT2D eigenvalue weighted by Gasteiger charge is 2.35. The number of halogens is 1. The van der Waals surface area contributed by atoms with Crippen LogP contribution in [0.2, 0.25) is 0 Å². The Morgan fingerprint density at radius 1 is 1.14 bits per heavy atom. The molecule has 0 saturated heterocycles. The second kappa shape index (κ2) is 8.16. The Bertz CT molecular complexity index is 1050. The summed E-state index contributed by atoms with van der Waals surface area (Å²) in [4.78, 5) is 19.1. The zero-order chi connectivity index (χ0) is 20.4. The Labute approximate surface area is 172 Å². The average Bonchev–Trinajstić information content (AvgIpc) is 2.88. The van der Waals surface area contributed by atoms with Crippen LogP contribution in [0.15, 0.2) is 53.7 Å². The molecule has 8 heteroatoms. The number of hydrogen-bond acceptors (Lipinski definition) is 6. The summed E-state index contributed by atoms with van der Waals surface area (Å²) in [7, 11) is 0. The smallest absolute Gasteiger partial charge is 0.247 e. The van der Waals surface area contributed by atoms with Crippen LogP contribution in [-0.4, -0.2) is 26.8 Å². The number of hydrogen-bond donors (Lipinski definition) is 0. The van der Waals surface area contributed by atoms with Gasteiger partial charge in [-0.25, -0.2) is 4.39 Å². The maximum atomic E-state index is 13.5. The molecule has 6 nitrogen and oxygen atoms in total. The predicted octanol–water partition coefficient (Wildman–Crippen LogP) is 4.62. The average molecular weight is 410 g/mol. The van der Waals surface area contributed by atoms with E-state index in [-0.39, 0.29) is 18.1 Å². The molecular formula is C21H19FN4O2S. The molecule has 0 spiro atoms. The summed E-state index contributed by atoms with van der Waals surface area (Å²) in [6, 6.07) is 13.3. The number of carbonyl (C=O) groups excluding carboxylic acids is 1. The van der Waals surface area contributed by atoms with Crippen LogP contribution in [0.1, 0.15) is 32.1 Å². The first-order chi connectivity index (χ1) is 14.1. The Morgan fingerprint density at radius 3 is 2.62 bits per heavy atom. The van der Waals surface area contributed by atoms with Crippen LogP contribution in [0, 0.1) is 5.82 Å². The zero-order valence-electron chi connectivity index (χ0n) is 16.0. The summed E-state index contributed by atoms with van der Waals surface area (Å²) >= 11 is 1.45. The molecule has 0 aliphatic carbocycles. The fourth-order valence-electron chi connectivity index (χ4n) is 3.19. The summed E-state index contributed by atoms with van der Waals surface area (Å²) < 4.78 is 19.8. The fourth-order valence-corrected chi connectivity index (χ4v) is 3.69. The van der Waals surface area contributed by atoms with E-state index in [9.17, 15) is 9.18 Å². The van der Waals surface area contributed by atoms with Crippen LogP contribution in [0.25, 0.3) is 11.3 Å². The Balaban J connectivity index is 1.94. The van der Waals surface area contributed by atoms with E-state index in [0.29, 0.717) is 33.5 Å². The van der Waals surface area contributed by atoms with Crippen LogP contribution < -0.4 is 9.64 Å². The number of anilines is 1. The van der Waals surface area contributed by atoms with Gasteiger partial charge in [0.15, 0.2) is 5.69 Å². The van der Waals surface area contributed by atoms with Gasteiger partial charge >= 0.3 is 0 Å². The molecule has 2 aromatic carbocycles. The van der Waals surface area contributed by atoms with Crippen LogP contribution in [0.3, 0.4) is 0 Å². The molecule has 1 amide bonds. The number of nitrogens with zero attached hydrogens (tertiary/aromatic N) is 4. The quantitative estimate of drug-likeness (QED) is 0.585. The van der Waals surface area contributed by atoms with Crippen molar-refractivity contribution in [1.29, 1.82) is 0 Å². The van der Waals surface area contributed by atoms with Gasteiger partial charge in [0.05, 0.1) is 5.69 Å². The van der Waals surface area contributed by atoms with E-state index in [2.05, 4.69) is 15.2 Å². The lowest BCUT2D eigenvalue weighted by Crippen LogP contribution is -2.37. The summed E-state index contributed by atoms with van der Waals surface area (Å²) in [5, 5.41) is 9.03. The lowest BCUT2D eigenvalue weighted by Gasteiger charge is -2.30. The highest BCUT2D eigenvalue weighted by atomic mass is 32.2. The topological polar surface area (TPSA) is 68.2 Å². The van der Waals surface area contributed by atoms with E-state index in [1.807, 2.05) is 31.2 Å². The van der Waals surface area contributed by atoms with E-state index in [4.69, 9.17) is 4.74 Å². The van der Waals surface area contributed by atoms with Crippen molar-refractivity contribution in [1.82, 2.24) is 15.2 Å². The molecule has 3 aromatic rings. The summed E-state index contributed by atoms with van der Waals surface area (Å²) in [5.74, 6) is 0.598. The molecule has 0 fully saturated rings. The molecule has 29 heavy (non-hydrogen) atoms. The molecule has 2 heterocycles. The molecule has 4 rings (SSSR count). The first kappa shape index (κ1) is 19.3. The van der Waals surface area contributed by atoms with E-state index >= 15 is 0 Å². The number of amides is 1. The van der Waals surface area contributed by atoms with Crippen molar-refractivity contribution in [2.24, 2.45) is 0 Å². The van der Waals surface area contributed by atoms with Crippen molar-refractivity contribution in [2.45, 2.75) is 31.7 Å². The highest BCUT2D eigenvalue weighted by Crippen LogP contribution is 2.43. The maximum Gasteiger partial charge on any atom is 0.247 e. The van der Waals surface area contributed by atoms with E-state index < -0.39 is 6.23 Å². The van der Waals surface area contributed by atoms with Crippen LogP contribution in [0.4, 0.5) is 10.1 Å². The number of rotatable bonds is 4. The van der Waals surface area contributed by atoms with Crippen molar-refractivity contribution >= 4 is 23.4 Å². The Kier molecular flexibility index (Phi) is 5.44. The van der Waals surface area contributed by atoms with Gasteiger partial charge in [-0.05, 0) is 24.0 Å². The van der Waals surface area contributed by atoms with E-state index in [1.54, 1.807) is 24.0 Å². The fraction of sp³-hybridized carbons (Fsp3) is 0.238. The lowest BCUT2D eigenvalue weighted by atomic mass is 10.1. The SMILES string of the molecule is CCSc1nnc2c(n1)OC(c1ccc(F)cc1)N(C(=O)CC)c1ccccc1-2. The number of para-hydroxylation sites is 1. The summed E-state index contributed by atoms with van der Waals surface area (Å²) in [6.45, 7) is 3.79. The third-order valence-corrected chi connectivity index (χ3v) is 5.23. The lowest BCUT2D eigenvalue weighted by molar-refractivity contribution is -0.120. The van der Waals surface area contributed by atoms with Gasteiger partial charge in [-0.3, -0.25) is 9.69 Å². The van der Waals surface area contributed by atoms with Gasteiger partial charge in [-0.2, -0.15) is 4.98 Å². The molecule has 1 aliphatic rings. The molecular weight excluding hydrogens is 391 g/mol. The summed E-state index contributed by atoms with van der Waals surface area (Å²) in [6.07, 6.45) is -0.525. The molecule has 1 unspecified atom stereocenters. The Morgan fingerprint density at radius 2 is 1.90 bits per heavy atom. The standard InChI is InChI=1S/C21H19FN4O2S/c1-3-17(27)26-16-8-6-5-7-15(16)18-19(23-21(25-24-18)29-4-2)28-20(26)13-9-11-14(22)12-10-13/h5-12,20H,3-4H2,1-2H3. The third kappa shape index (κ3) is 3.67. The molecule has 1 aromatic heterocycles. The molecule has 0 bridgehead atoms. The van der Waals surface area contributed by atoms with Crippen molar-refractivity contribution in [2.75, 3.05) is 10.7 Å². The Hall–Kier alpha value is -3.00. The van der Waals surface area contributed by atoms with Gasteiger partial charge in [-0.15, -0.1) is 10.2 Å².